The number of aliphatic hydroxyl groups excluding tert-OH is 1. The van der Waals surface area contributed by atoms with Gasteiger partial charge in [-0.25, -0.2) is 4.39 Å². The van der Waals surface area contributed by atoms with Crippen molar-refractivity contribution in [1.29, 1.82) is 0 Å². The molecule has 2 aliphatic rings. The van der Waals surface area contributed by atoms with Crippen LogP contribution in [0.1, 0.15) is 50.3 Å². The zero-order valence-electron chi connectivity index (χ0n) is 13.5. The molecular weight excluding hydrogens is 291 g/mol. The molecule has 0 spiro atoms. The van der Waals surface area contributed by atoms with Crippen LogP contribution in [-0.2, 0) is 5.41 Å². The third-order valence-electron chi connectivity index (χ3n) is 6.30. The lowest BCUT2D eigenvalue weighted by molar-refractivity contribution is 0.150. The van der Waals surface area contributed by atoms with Crippen molar-refractivity contribution >= 4 is 0 Å². The van der Waals surface area contributed by atoms with Crippen molar-refractivity contribution in [2.45, 2.75) is 44.4 Å². The normalized spacial score (nSPS) is 27.2. The monoisotopic (exact) mass is 312 g/mol. The molecule has 120 valence electrons. The zero-order valence-corrected chi connectivity index (χ0v) is 13.5. The maximum absolute atomic E-state index is 14.1. The minimum atomic E-state index is -0.269. The van der Waals surface area contributed by atoms with Crippen LogP contribution in [0.4, 0.5) is 4.39 Å². The van der Waals surface area contributed by atoms with Crippen LogP contribution in [-0.4, -0.2) is 21.9 Å². The van der Waals surface area contributed by atoms with Gasteiger partial charge in [0.2, 0.25) is 0 Å². The average molecular weight is 312 g/mol. The summed E-state index contributed by atoms with van der Waals surface area (Å²) in [7, 11) is 0. The molecule has 0 saturated heterocycles. The van der Waals surface area contributed by atoms with E-state index in [0.717, 1.165) is 25.0 Å². The lowest BCUT2D eigenvalue weighted by Gasteiger charge is -2.37. The predicted molar refractivity (Wildman–Crippen MR) is 86.6 cm³/mol. The topological polar surface area (TPSA) is 46.0 Å². The summed E-state index contributed by atoms with van der Waals surface area (Å²) < 4.78 is 14.1. The number of hydrogen-bond acceptors (Lipinski definition) is 3. The first kappa shape index (κ1) is 14.8. The average Bonchev–Trinajstić information content (AvgIpc) is 2.89. The van der Waals surface area contributed by atoms with E-state index in [-0.39, 0.29) is 23.3 Å². The number of hydrogen-bond donors (Lipinski definition) is 1. The van der Waals surface area contributed by atoms with E-state index in [0.29, 0.717) is 17.2 Å². The van der Waals surface area contributed by atoms with Crippen molar-refractivity contribution in [3.8, 4) is 11.3 Å². The third-order valence-corrected chi connectivity index (χ3v) is 6.30. The largest absolute Gasteiger partial charge is 0.396 e. The Balaban J connectivity index is 1.87. The highest BCUT2D eigenvalue weighted by molar-refractivity contribution is 5.62. The number of nitrogens with zero attached hydrogens (tertiary/aromatic N) is 2. The van der Waals surface area contributed by atoms with Crippen molar-refractivity contribution < 1.29 is 9.50 Å². The summed E-state index contributed by atoms with van der Waals surface area (Å²) in [5, 5.41) is 18.4. The molecular formula is C19H21FN2O. The zero-order chi connectivity index (χ0) is 16.2. The first-order valence-electron chi connectivity index (χ1n) is 8.25. The Kier molecular flexibility index (Phi) is 3.11. The molecule has 1 heterocycles. The van der Waals surface area contributed by atoms with Crippen molar-refractivity contribution in [3.05, 3.63) is 47.4 Å². The Morgan fingerprint density at radius 1 is 1.26 bits per heavy atom. The van der Waals surface area contributed by atoms with Gasteiger partial charge < -0.3 is 5.11 Å². The van der Waals surface area contributed by atoms with Gasteiger partial charge in [-0.05, 0) is 54.4 Å². The summed E-state index contributed by atoms with van der Waals surface area (Å²) in [6.07, 6.45) is 2.87. The SMILES string of the molecule is CC1(C)[C@@H]2CC[C@@]1(CCO)c1nnc(-c3ccccc3F)cc12. The summed E-state index contributed by atoms with van der Waals surface area (Å²) in [5.74, 6) is 0.138. The molecule has 2 atom stereocenters. The van der Waals surface area contributed by atoms with Crippen LogP contribution in [0.2, 0.25) is 0 Å². The standard InChI is InChI=1S/C19H21FN2O/c1-18(2)14-7-8-19(18,9-10-23)17-13(14)11-16(21-22-17)12-5-3-4-6-15(12)20/h3-6,11,14,23H,7-10H2,1-2H3/t14-,19-/m1/s1. The summed E-state index contributed by atoms with van der Waals surface area (Å²) >= 11 is 0. The smallest absolute Gasteiger partial charge is 0.132 e. The van der Waals surface area contributed by atoms with Crippen LogP contribution in [0.15, 0.2) is 30.3 Å². The van der Waals surface area contributed by atoms with E-state index in [1.807, 2.05) is 12.1 Å². The number of aromatic nitrogens is 2. The highest BCUT2D eigenvalue weighted by Gasteiger charge is 2.62. The van der Waals surface area contributed by atoms with Gasteiger partial charge in [-0.3, -0.25) is 0 Å². The number of fused-ring (bicyclic) bond motifs is 5. The molecule has 3 nitrogen and oxygen atoms in total. The number of halogens is 1. The van der Waals surface area contributed by atoms with Crippen molar-refractivity contribution in [2.24, 2.45) is 5.41 Å². The summed E-state index contributed by atoms with van der Waals surface area (Å²) in [6, 6.07) is 8.71. The van der Waals surface area contributed by atoms with E-state index in [2.05, 4.69) is 24.0 Å². The highest BCUT2D eigenvalue weighted by Crippen LogP contribution is 2.68. The molecule has 23 heavy (non-hydrogen) atoms. The minimum Gasteiger partial charge on any atom is -0.396 e. The lowest BCUT2D eigenvalue weighted by atomic mass is 9.66. The van der Waals surface area contributed by atoms with Crippen LogP contribution < -0.4 is 0 Å². The van der Waals surface area contributed by atoms with Crippen LogP contribution in [0.5, 0.6) is 0 Å². The van der Waals surface area contributed by atoms with Gasteiger partial charge in [-0.15, -0.1) is 0 Å². The van der Waals surface area contributed by atoms with Crippen LogP contribution in [0.25, 0.3) is 11.3 Å². The molecule has 2 aliphatic carbocycles. The van der Waals surface area contributed by atoms with Gasteiger partial charge in [-0.1, -0.05) is 26.0 Å². The van der Waals surface area contributed by atoms with Crippen molar-refractivity contribution in [2.75, 3.05) is 6.61 Å². The van der Waals surface area contributed by atoms with Gasteiger partial charge in [0, 0.05) is 17.6 Å². The number of rotatable bonds is 3. The Morgan fingerprint density at radius 3 is 2.78 bits per heavy atom. The Bertz CT molecular complexity index is 774. The van der Waals surface area contributed by atoms with Gasteiger partial charge in [0.05, 0.1) is 11.4 Å². The molecule has 0 amide bonds. The van der Waals surface area contributed by atoms with Gasteiger partial charge in [0.25, 0.3) is 0 Å². The molecule has 0 aliphatic heterocycles. The fourth-order valence-corrected chi connectivity index (χ4v) is 4.98. The molecule has 4 heteroatoms. The van der Waals surface area contributed by atoms with Crippen molar-refractivity contribution in [3.63, 3.8) is 0 Å². The molecule has 1 fully saturated rings. The predicted octanol–water partition coefficient (Wildman–Crippen LogP) is 3.82. The summed E-state index contributed by atoms with van der Waals surface area (Å²) in [5.41, 5.74) is 3.28. The van der Waals surface area contributed by atoms with Gasteiger partial charge in [0.15, 0.2) is 0 Å². The molecule has 4 rings (SSSR count). The molecule has 0 unspecified atom stereocenters. The van der Waals surface area contributed by atoms with E-state index >= 15 is 0 Å². The maximum Gasteiger partial charge on any atom is 0.132 e. The molecule has 1 N–H and O–H groups in total. The van der Waals surface area contributed by atoms with Crippen molar-refractivity contribution in [1.82, 2.24) is 10.2 Å². The lowest BCUT2D eigenvalue weighted by Crippen LogP contribution is -2.36. The van der Waals surface area contributed by atoms with Crippen LogP contribution in [0.3, 0.4) is 0 Å². The number of benzene rings is 1. The molecule has 1 aromatic heterocycles. The molecule has 2 aromatic rings. The Labute approximate surface area is 135 Å². The summed E-state index contributed by atoms with van der Waals surface area (Å²) in [6.45, 7) is 4.70. The maximum atomic E-state index is 14.1. The van der Waals surface area contributed by atoms with E-state index in [1.54, 1.807) is 12.1 Å². The summed E-state index contributed by atoms with van der Waals surface area (Å²) in [4.78, 5) is 0. The second-order valence-corrected chi connectivity index (χ2v) is 7.38. The third kappa shape index (κ3) is 1.78. The van der Waals surface area contributed by atoms with E-state index in [4.69, 9.17) is 0 Å². The van der Waals surface area contributed by atoms with Gasteiger partial charge in [0.1, 0.15) is 5.82 Å². The van der Waals surface area contributed by atoms with Gasteiger partial charge in [-0.2, -0.15) is 10.2 Å². The molecule has 1 aromatic carbocycles. The fourth-order valence-electron chi connectivity index (χ4n) is 4.98. The fraction of sp³-hybridized carbons (Fsp3) is 0.474. The molecule has 0 radical (unpaired) electrons. The van der Waals surface area contributed by atoms with Crippen LogP contribution >= 0.6 is 0 Å². The first-order chi connectivity index (χ1) is 11.0. The van der Waals surface area contributed by atoms with E-state index in [9.17, 15) is 9.50 Å². The van der Waals surface area contributed by atoms with E-state index < -0.39 is 0 Å². The highest BCUT2D eigenvalue weighted by atomic mass is 19.1. The molecule has 1 saturated carbocycles. The number of aliphatic hydroxyl groups is 1. The quantitative estimate of drug-likeness (QED) is 0.937. The first-order valence-corrected chi connectivity index (χ1v) is 8.25. The second kappa shape index (κ2) is 4.84. The van der Waals surface area contributed by atoms with Crippen LogP contribution in [0, 0.1) is 11.2 Å². The minimum absolute atomic E-state index is 0.0561. The van der Waals surface area contributed by atoms with Gasteiger partial charge >= 0.3 is 0 Å². The second-order valence-electron chi connectivity index (χ2n) is 7.38. The van der Waals surface area contributed by atoms with E-state index in [1.165, 1.54) is 11.6 Å². The molecule has 2 bridgehead atoms. The Hall–Kier alpha value is -1.81. The Morgan fingerprint density at radius 2 is 2.04 bits per heavy atom.